The fourth-order valence-electron chi connectivity index (χ4n) is 14.2. The molecule has 4 aromatic rings. The second kappa shape index (κ2) is 8.58. The average molecular weight is 613 g/mol. The lowest BCUT2D eigenvalue weighted by Crippen LogP contribution is -2.40. The summed E-state index contributed by atoms with van der Waals surface area (Å²) < 4.78 is 0. The number of hydrogen-bond donors (Lipinski definition) is 4. The van der Waals surface area contributed by atoms with Crippen molar-refractivity contribution < 1.29 is 0 Å². The Hall–Kier alpha value is -2.88. The molecule has 240 valence electrons. The second-order valence-electron chi connectivity index (χ2n) is 18.6. The van der Waals surface area contributed by atoms with Gasteiger partial charge in [-0.1, -0.05) is 12.8 Å². The molecule has 0 aromatic carbocycles. The van der Waals surface area contributed by atoms with Crippen LogP contribution in [-0.2, 0) is 21.7 Å². The summed E-state index contributed by atoms with van der Waals surface area (Å²) in [6, 6.07) is 19.9. The van der Waals surface area contributed by atoms with Crippen LogP contribution in [0.1, 0.15) is 137 Å². The van der Waals surface area contributed by atoms with Crippen molar-refractivity contribution in [3.8, 4) is 0 Å². The van der Waals surface area contributed by atoms with Crippen molar-refractivity contribution in [1.29, 1.82) is 0 Å². The molecule has 14 bridgehead atoms. The molecule has 1 aliphatic heterocycles. The average Bonchev–Trinajstić information content (AvgIpc) is 3.88. The molecule has 8 atom stereocenters. The molecule has 0 radical (unpaired) electrons. The van der Waals surface area contributed by atoms with Crippen LogP contribution in [0.15, 0.2) is 48.5 Å². The summed E-state index contributed by atoms with van der Waals surface area (Å²) in [5.74, 6) is 6.40. The molecule has 6 saturated carbocycles. The zero-order valence-corrected chi connectivity index (χ0v) is 28.3. The van der Waals surface area contributed by atoms with Gasteiger partial charge in [0, 0.05) is 56.4 Å². The molecule has 4 heteroatoms. The summed E-state index contributed by atoms with van der Waals surface area (Å²) in [7, 11) is 0. The van der Waals surface area contributed by atoms with Crippen molar-refractivity contribution in [2.75, 3.05) is 0 Å². The molecule has 6 fully saturated rings. The van der Waals surface area contributed by atoms with E-state index in [1.165, 1.54) is 110 Å². The lowest BCUT2D eigenvalue weighted by Gasteiger charge is -2.40. The third-order valence-corrected chi connectivity index (χ3v) is 16.3. The third-order valence-electron chi connectivity index (χ3n) is 16.3. The smallest absolute Gasteiger partial charge is 0.0562 e. The first-order chi connectivity index (χ1) is 22.2. The normalized spacial score (nSPS) is 42.0. The Balaban J connectivity index is 1.16. The molecular formula is C42H52N4. The van der Waals surface area contributed by atoms with E-state index in [-0.39, 0.29) is 21.7 Å². The van der Waals surface area contributed by atoms with Gasteiger partial charge in [-0.2, -0.15) is 0 Å². The van der Waals surface area contributed by atoms with Crippen LogP contribution < -0.4 is 0 Å². The fraction of sp³-hybridized carbons (Fsp3) is 0.619. The van der Waals surface area contributed by atoms with Gasteiger partial charge in [0.2, 0.25) is 0 Å². The van der Waals surface area contributed by atoms with Crippen LogP contribution in [-0.4, -0.2) is 19.9 Å². The number of rotatable bonds is 0. The van der Waals surface area contributed by atoms with E-state index in [1.54, 1.807) is 0 Å². The van der Waals surface area contributed by atoms with Gasteiger partial charge < -0.3 is 19.9 Å². The molecule has 8 unspecified atom stereocenters. The van der Waals surface area contributed by atoms with E-state index in [2.05, 4.69) is 96.2 Å². The standard InChI is InChI=1S/C42H52N4/c1-39(2)31-9-13-35(43-31)41(27-19-23-5-7-29(41)25(17-23)21-27)37-15-11-33(45-37)40(3,4)34-12-16-38(46-34)42(36-14-10-32(39)44-36)28-20-24-6-8-30(42)26(18-24)22-28/h9-16,23-30,43-46H,5-8,17-22H2,1-4H3. The zero-order valence-electron chi connectivity index (χ0n) is 28.3. The van der Waals surface area contributed by atoms with E-state index in [1.807, 2.05) is 0 Å². The molecule has 46 heavy (non-hydrogen) atoms. The highest BCUT2D eigenvalue weighted by molar-refractivity contribution is 5.48. The molecule has 7 aliphatic rings. The van der Waals surface area contributed by atoms with Gasteiger partial charge in [-0.3, -0.25) is 0 Å². The zero-order chi connectivity index (χ0) is 30.8. The van der Waals surface area contributed by atoms with E-state index in [0.29, 0.717) is 23.7 Å². The predicted octanol–water partition coefficient (Wildman–Crippen LogP) is 9.45. The molecule has 4 nitrogen and oxygen atoms in total. The molecule has 0 amide bonds. The largest absolute Gasteiger partial charge is 0.361 e. The molecular weight excluding hydrogens is 560 g/mol. The first-order valence-corrected chi connectivity index (χ1v) is 19.0. The minimum absolute atomic E-state index is 0.0435. The number of H-pyrrole nitrogens is 4. The lowest BCUT2D eigenvalue weighted by atomic mass is 9.66. The van der Waals surface area contributed by atoms with Crippen LogP contribution >= 0.6 is 0 Å². The number of fused-ring (bicyclic) bond motifs is 20. The van der Waals surface area contributed by atoms with E-state index >= 15 is 0 Å². The first kappa shape index (κ1) is 27.1. The van der Waals surface area contributed by atoms with Crippen molar-refractivity contribution in [2.24, 2.45) is 47.3 Å². The van der Waals surface area contributed by atoms with Gasteiger partial charge >= 0.3 is 0 Å². The van der Waals surface area contributed by atoms with E-state index in [9.17, 15) is 0 Å². The molecule has 4 aromatic heterocycles. The number of aromatic nitrogens is 4. The highest BCUT2D eigenvalue weighted by Crippen LogP contribution is 2.68. The Bertz CT molecular complexity index is 1630. The van der Waals surface area contributed by atoms with Gasteiger partial charge in [0.05, 0.1) is 10.8 Å². The van der Waals surface area contributed by atoms with Gasteiger partial charge in [0.1, 0.15) is 0 Å². The van der Waals surface area contributed by atoms with Gasteiger partial charge in [-0.05, 0) is 175 Å². The fourth-order valence-corrected chi connectivity index (χ4v) is 14.2. The highest BCUT2D eigenvalue weighted by atomic mass is 14.9. The lowest BCUT2D eigenvalue weighted by molar-refractivity contribution is 0.174. The summed E-state index contributed by atoms with van der Waals surface area (Å²) in [6.45, 7) is 9.78. The maximum absolute atomic E-state index is 4.21. The van der Waals surface area contributed by atoms with Crippen molar-refractivity contribution >= 4 is 0 Å². The van der Waals surface area contributed by atoms with Crippen molar-refractivity contribution in [1.82, 2.24) is 19.9 Å². The van der Waals surface area contributed by atoms with Gasteiger partial charge in [0.25, 0.3) is 0 Å². The Morgan fingerprint density at radius 2 is 0.739 bits per heavy atom. The highest BCUT2D eigenvalue weighted by Gasteiger charge is 2.64. The molecule has 6 aliphatic carbocycles. The number of aromatic amines is 4. The molecule has 2 spiro atoms. The van der Waals surface area contributed by atoms with Gasteiger partial charge in [-0.15, -0.1) is 0 Å². The van der Waals surface area contributed by atoms with Gasteiger partial charge in [0.15, 0.2) is 0 Å². The van der Waals surface area contributed by atoms with E-state index < -0.39 is 0 Å². The Kier molecular flexibility index (Phi) is 5.06. The second-order valence-corrected chi connectivity index (χ2v) is 18.6. The summed E-state index contributed by atoms with van der Waals surface area (Å²) in [5.41, 5.74) is 11.1. The predicted molar refractivity (Wildman–Crippen MR) is 183 cm³/mol. The minimum atomic E-state index is -0.141. The minimum Gasteiger partial charge on any atom is -0.361 e. The van der Waals surface area contributed by atoms with Gasteiger partial charge in [-0.25, -0.2) is 0 Å². The molecule has 5 heterocycles. The van der Waals surface area contributed by atoms with Crippen LogP contribution in [0, 0.1) is 47.3 Å². The molecule has 4 N–H and O–H groups in total. The first-order valence-electron chi connectivity index (χ1n) is 19.0. The maximum atomic E-state index is 4.21. The number of nitrogens with one attached hydrogen (secondary N) is 4. The van der Waals surface area contributed by atoms with Crippen LogP contribution in [0.3, 0.4) is 0 Å². The maximum Gasteiger partial charge on any atom is 0.0562 e. The summed E-state index contributed by atoms with van der Waals surface area (Å²) in [6.07, 6.45) is 14.0. The van der Waals surface area contributed by atoms with Crippen molar-refractivity contribution in [2.45, 2.75) is 114 Å². The van der Waals surface area contributed by atoms with Crippen LogP contribution in [0.4, 0.5) is 0 Å². The monoisotopic (exact) mass is 612 g/mol. The Morgan fingerprint density at radius 3 is 1.09 bits per heavy atom. The van der Waals surface area contributed by atoms with Crippen molar-refractivity contribution in [3.05, 3.63) is 94.1 Å². The molecule has 11 rings (SSSR count). The topological polar surface area (TPSA) is 63.2 Å². The SMILES string of the molecule is CC1(C)c2ccc([nH]2)C2(c3ccc([nH]3)C(C)(C)c3ccc([nH]3)C3(c4ccc1[nH]4)C1CC4CCC3C(C4)C1)C1CC3CCC2C(C3)C1. The van der Waals surface area contributed by atoms with Crippen LogP contribution in [0.5, 0.6) is 0 Å². The Labute approximate surface area is 274 Å². The van der Waals surface area contributed by atoms with Crippen LogP contribution in [0.2, 0.25) is 0 Å². The van der Waals surface area contributed by atoms with Crippen LogP contribution in [0.25, 0.3) is 0 Å². The summed E-state index contributed by atoms with van der Waals surface area (Å²) >= 11 is 0. The van der Waals surface area contributed by atoms with E-state index in [0.717, 1.165) is 23.7 Å². The van der Waals surface area contributed by atoms with Crippen molar-refractivity contribution in [3.63, 3.8) is 0 Å². The summed E-state index contributed by atoms with van der Waals surface area (Å²) in [5, 5.41) is 0. The summed E-state index contributed by atoms with van der Waals surface area (Å²) in [4.78, 5) is 16.8. The number of hydrogen-bond acceptors (Lipinski definition) is 0. The third kappa shape index (κ3) is 3.06. The Morgan fingerprint density at radius 1 is 0.413 bits per heavy atom. The molecule has 0 saturated heterocycles. The quantitative estimate of drug-likeness (QED) is 0.153. The van der Waals surface area contributed by atoms with E-state index in [4.69, 9.17) is 0 Å².